The number of thioether (sulfide) groups is 1. The predicted molar refractivity (Wildman–Crippen MR) is 125 cm³/mol. The van der Waals surface area contributed by atoms with Crippen molar-refractivity contribution in [3.8, 4) is 0 Å². The predicted octanol–water partition coefficient (Wildman–Crippen LogP) is 3.31. The van der Waals surface area contributed by atoms with Crippen LogP contribution >= 0.6 is 11.8 Å². The minimum atomic E-state index is -0.527. The molecule has 2 amide bonds. The molecular formula is C23H25N5O4S. The Bertz CT molecular complexity index is 1130. The largest absolute Gasteiger partial charge is 0.465 e. The molecule has 0 spiro atoms. The third kappa shape index (κ3) is 5.98. The molecule has 172 valence electrons. The van der Waals surface area contributed by atoms with E-state index in [-0.39, 0.29) is 29.2 Å². The zero-order chi connectivity index (χ0) is 23.8. The molecule has 2 N–H and O–H groups in total. The summed E-state index contributed by atoms with van der Waals surface area (Å²) >= 11 is 1.22. The maximum atomic E-state index is 12.5. The zero-order valence-corrected chi connectivity index (χ0v) is 19.4. The summed E-state index contributed by atoms with van der Waals surface area (Å²) in [5.74, 6) is -0.361. The molecule has 3 aromatic rings. The highest BCUT2D eigenvalue weighted by atomic mass is 32.2. The number of anilines is 1. The maximum Gasteiger partial charge on any atom is 0.339 e. The molecule has 2 aromatic carbocycles. The summed E-state index contributed by atoms with van der Waals surface area (Å²) in [6, 6.07) is 15.2. The van der Waals surface area contributed by atoms with Crippen LogP contribution in [0.3, 0.4) is 0 Å². The summed E-state index contributed by atoms with van der Waals surface area (Å²) in [7, 11) is 1.29. The van der Waals surface area contributed by atoms with Crippen molar-refractivity contribution in [3.05, 3.63) is 71.5 Å². The first-order valence-corrected chi connectivity index (χ1v) is 11.3. The highest BCUT2D eigenvalue weighted by Crippen LogP contribution is 2.22. The van der Waals surface area contributed by atoms with Gasteiger partial charge in [-0.3, -0.25) is 9.59 Å². The van der Waals surface area contributed by atoms with Gasteiger partial charge >= 0.3 is 5.97 Å². The third-order valence-corrected chi connectivity index (χ3v) is 5.74. The summed E-state index contributed by atoms with van der Waals surface area (Å²) < 4.78 is 6.61. The van der Waals surface area contributed by atoms with Crippen molar-refractivity contribution >= 4 is 35.2 Å². The smallest absolute Gasteiger partial charge is 0.339 e. The molecule has 1 heterocycles. The van der Waals surface area contributed by atoms with E-state index in [0.717, 1.165) is 0 Å². The van der Waals surface area contributed by atoms with Gasteiger partial charge in [0.25, 0.3) is 5.91 Å². The van der Waals surface area contributed by atoms with Gasteiger partial charge in [0.15, 0.2) is 11.0 Å². The summed E-state index contributed by atoms with van der Waals surface area (Å²) in [5, 5.41) is 14.6. The van der Waals surface area contributed by atoms with Crippen LogP contribution < -0.4 is 10.6 Å². The van der Waals surface area contributed by atoms with E-state index in [2.05, 4.69) is 20.8 Å². The normalized spacial score (nSPS) is 11.5. The summed E-state index contributed by atoms with van der Waals surface area (Å²) in [6.45, 7) is 4.35. The van der Waals surface area contributed by atoms with Crippen LogP contribution in [0.25, 0.3) is 0 Å². The van der Waals surface area contributed by atoms with E-state index in [9.17, 15) is 14.4 Å². The van der Waals surface area contributed by atoms with Crippen LogP contribution in [0.1, 0.15) is 46.4 Å². The van der Waals surface area contributed by atoms with E-state index in [1.54, 1.807) is 48.5 Å². The van der Waals surface area contributed by atoms with E-state index >= 15 is 0 Å². The van der Waals surface area contributed by atoms with Crippen LogP contribution in [0.2, 0.25) is 0 Å². The standard InChI is InChI=1S/C23H25N5O4S/c1-4-28-20(15(2)24-21(30)16-10-6-5-7-11-16)26-27-23(28)33-14-19(29)25-18-13-9-8-12-17(18)22(31)32-3/h5-13,15H,4,14H2,1-3H3,(H,24,30)(H,25,29)/t15-/m1/s1. The van der Waals surface area contributed by atoms with Crippen molar-refractivity contribution < 1.29 is 19.1 Å². The number of nitrogens with one attached hydrogen (secondary N) is 2. The SMILES string of the molecule is CCn1c(SCC(=O)Nc2ccccc2C(=O)OC)nnc1[C@@H](C)NC(=O)c1ccccc1. The van der Waals surface area contributed by atoms with Gasteiger partial charge in [0.05, 0.1) is 30.2 Å². The molecule has 1 atom stereocenters. The minimum absolute atomic E-state index is 0.0679. The molecule has 1 aromatic heterocycles. The Morgan fingerprint density at radius 1 is 1.06 bits per heavy atom. The van der Waals surface area contributed by atoms with Crippen molar-refractivity contribution in [1.82, 2.24) is 20.1 Å². The van der Waals surface area contributed by atoms with E-state index in [1.165, 1.54) is 18.9 Å². The quantitative estimate of drug-likeness (QED) is 0.366. The molecule has 0 aliphatic carbocycles. The Morgan fingerprint density at radius 3 is 2.45 bits per heavy atom. The number of nitrogens with zero attached hydrogens (tertiary/aromatic N) is 3. The Balaban J connectivity index is 1.64. The van der Waals surface area contributed by atoms with Gasteiger partial charge in [-0.15, -0.1) is 10.2 Å². The van der Waals surface area contributed by atoms with Crippen molar-refractivity contribution in [1.29, 1.82) is 0 Å². The highest BCUT2D eigenvalue weighted by Gasteiger charge is 2.20. The second-order valence-electron chi connectivity index (χ2n) is 7.02. The zero-order valence-electron chi connectivity index (χ0n) is 18.6. The van der Waals surface area contributed by atoms with E-state index < -0.39 is 5.97 Å². The van der Waals surface area contributed by atoms with Crippen LogP contribution in [0.5, 0.6) is 0 Å². The van der Waals surface area contributed by atoms with Crippen molar-refractivity contribution in [3.63, 3.8) is 0 Å². The number of esters is 1. The number of carbonyl (C=O) groups excluding carboxylic acids is 3. The average Bonchev–Trinajstić information content (AvgIpc) is 3.26. The number of para-hydroxylation sites is 1. The Labute approximate surface area is 195 Å². The van der Waals surface area contributed by atoms with Gasteiger partial charge in [0.1, 0.15) is 0 Å². The van der Waals surface area contributed by atoms with Gasteiger partial charge < -0.3 is 19.9 Å². The number of carbonyl (C=O) groups is 3. The fraction of sp³-hybridized carbons (Fsp3) is 0.261. The first-order valence-electron chi connectivity index (χ1n) is 10.3. The van der Waals surface area contributed by atoms with Crippen LogP contribution in [0.4, 0.5) is 5.69 Å². The molecule has 0 radical (unpaired) electrons. The topological polar surface area (TPSA) is 115 Å². The Hall–Kier alpha value is -3.66. The first kappa shape index (κ1) is 24.0. The lowest BCUT2D eigenvalue weighted by Crippen LogP contribution is -2.28. The molecule has 0 unspecified atom stereocenters. The van der Waals surface area contributed by atoms with Gasteiger partial charge in [0, 0.05) is 12.1 Å². The van der Waals surface area contributed by atoms with Crippen LogP contribution in [0.15, 0.2) is 59.8 Å². The molecule has 0 saturated carbocycles. The van der Waals surface area contributed by atoms with E-state index in [4.69, 9.17) is 4.74 Å². The van der Waals surface area contributed by atoms with Gasteiger partial charge in [-0.2, -0.15) is 0 Å². The Kier molecular flexibility index (Phi) is 8.20. The monoisotopic (exact) mass is 467 g/mol. The number of aromatic nitrogens is 3. The summed E-state index contributed by atoms with van der Waals surface area (Å²) in [4.78, 5) is 36.8. The molecule has 0 bridgehead atoms. The van der Waals surface area contributed by atoms with Gasteiger partial charge in [-0.25, -0.2) is 4.79 Å². The summed E-state index contributed by atoms with van der Waals surface area (Å²) in [6.07, 6.45) is 0. The molecule has 0 fully saturated rings. The lowest BCUT2D eigenvalue weighted by molar-refractivity contribution is -0.113. The second kappa shape index (κ2) is 11.3. The lowest BCUT2D eigenvalue weighted by Gasteiger charge is -2.15. The molecule has 9 nitrogen and oxygen atoms in total. The first-order chi connectivity index (χ1) is 15.9. The number of hydrogen-bond donors (Lipinski definition) is 2. The average molecular weight is 468 g/mol. The van der Waals surface area contributed by atoms with Crippen molar-refractivity contribution in [2.75, 3.05) is 18.2 Å². The lowest BCUT2D eigenvalue weighted by atomic mass is 10.2. The number of benzene rings is 2. The molecule has 33 heavy (non-hydrogen) atoms. The van der Waals surface area contributed by atoms with Gasteiger partial charge in [-0.05, 0) is 38.1 Å². The minimum Gasteiger partial charge on any atom is -0.465 e. The van der Waals surface area contributed by atoms with Crippen LogP contribution in [-0.4, -0.2) is 45.4 Å². The Morgan fingerprint density at radius 2 is 1.76 bits per heavy atom. The fourth-order valence-corrected chi connectivity index (χ4v) is 3.96. The van der Waals surface area contributed by atoms with Crippen LogP contribution in [0, 0.1) is 0 Å². The number of hydrogen-bond acceptors (Lipinski definition) is 7. The highest BCUT2D eigenvalue weighted by molar-refractivity contribution is 7.99. The fourth-order valence-electron chi connectivity index (χ4n) is 3.15. The van der Waals surface area contributed by atoms with Crippen molar-refractivity contribution in [2.45, 2.75) is 31.6 Å². The number of rotatable bonds is 9. The molecule has 10 heteroatoms. The molecule has 0 aliphatic heterocycles. The van der Waals surface area contributed by atoms with Crippen molar-refractivity contribution in [2.24, 2.45) is 0 Å². The molecule has 0 saturated heterocycles. The molecule has 3 rings (SSSR count). The number of ether oxygens (including phenoxy) is 1. The molecular weight excluding hydrogens is 442 g/mol. The van der Waals surface area contributed by atoms with Crippen LogP contribution in [-0.2, 0) is 16.1 Å². The number of methoxy groups -OCH3 is 1. The van der Waals surface area contributed by atoms with E-state index in [0.29, 0.717) is 28.8 Å². The van der Waals surface area contributed by atoms with Gasteiger partial charge in [0.2, 0.25) is 5.91 Å². The summed E-state index contributed by atoms with van der Waals surface area (Å²) in [5.41, 5.74) is 1.22. The third-order valence-electron chi connectivity index (χ3n) is 4.77. The maximum absolute atomic E-state index is 12.5. The number of amides is 2. The second-order valence-corrected chi connectivity index (χ2v) is 7.96. The van der Waals surface area contributed by atoms with E-state index in [1.807, 2.05) is 24.5 Å². The van der Waals surface area contributed by atoms with Gasteiger partial charge in [-0.1, -0.05) is 42.1 Å². The molecule has 0 aliphatic rings.